The summed E-state index contributed by atoms with van der Waals surface area (Å²) < 4.78 is 0. The fraction of sp³-hybridized carbons (Fsp3) is 0.222. The van der Waals surface area contributed by atoms with Gasteiger partial charge in [0, 0.05) is 0 Å². The van der Waals surface area contributed by atoms with E-state index in [9.17, 15) is 4.79 Å². The Bertz CT molecular complexity index is 406. The highest BCUT2D eigenvalue weighted by molar-refractivity contribution is 8.08. The molecule has 5 nitrogen and oxygen atoms in total. The van der Waals surface area contributed by atoms with Gasteiger partial charge in [-0.25, -0.2) is 5.09 Å². The van der Waals surface area contributed by atoms with Gasteiger partial charge in [0.1, 0.15) is 0 Å². The van der Waals surface area contributed by atoms with Crippen molar-refractivity contribution in [1.29, 1.82) is 0 Å². The minimum atomic E-state index is -3.63. The molecule has 0 aliphatic heterocycles. The van der Waals surface area contributed by atoms with E-state index in [1.165, 1.54) is 0 Å². The third kappa shape index (κ3) is 4.83. The number of amides is 1. The van der Waals surface area contributed by atoms with Crippen LogP contribution in [-0.4, -0.2) is 21.7 Å². The fourth-order valence-corrected chi connectivity index (χ4v) is 2.27. The molecule has 0 saturated carbocycles. The van der Waals surface area contributed by atoms with Crippen LogP contribution in [0, 0.1) is 0 Å². The molecule has 1 rings (SSSR count). The molecule has 5 N–H and O–H groups in total. The SMILES string of the molecule is NC(=O)[C@H](Cc1ccccc1)NP(O)(O)=S. The number of hydrogen-bond acceptors (Lipinski definition) is 2. The highest BCUT2D eigenvalue weighted by Gasteiger charge is 2.21. The van der Waals surface area contributed by atoms with Crippen molar-refractivity contribution in [2.24, 2.45) is 5.73 Å². The molecule has 88 valence electrons. The molecule has 7 heteroatoms. The second kappa shape index (κ2) is 5.52. The zero-order chi connectivity index (χ0) is 12.2. The number of hydrogen-bond donors (Lipinski definition) is 4. The standard InChI is InChI=1S/C9H13N2O3PS/c10-9(12)8(11-15(13,14)16)6-7-4-2-1-3-5-7/h1-5,8H,6H2,(H2,10,12)(H3,11,13,14,16)/t8-/m0/s1. The van der Waals surface area contributed by atoms with Gasteiger partial charge in [-0.3, -0.25) is 4.79 Å². The molecule has 0 aromatic heterocycles. The van der Waals surface area contributed by atoms with Crippen LogP contribution in [0.3, 0.4) is 0 Å². The summed E-state index contributed by atoms with van der Waals surface area (Å²) in [6.45, 7) is -3.63. The molecule has 0 unspecified atom stereocenters. The van der Waals surface area contributed by atoms with Crippen LogP contribution in [0.15, 0.2) is 30.3 Å². The average Bonchev–Trinajstić information content (AvgIpc) is 2.16. The summed E-state index contributed by atoms with van der Waals surface area (Å²) in [6.07, 6.45) is 0.273. The lowest BCUT2D eigenvalue weighted by atomic mass is 10.1. The zero-order valence-corrected chi connectivity index (χ0v) is 10.1. The monoisotopic (exact) mass is 260 g/mol. The fourth-order valence-electron chi connectivity index (χ4n) is 1.26. The summed E-state index contributed by atoms with van der Waals surface area (Å²) in [5, 5.41) is 2.27. The molecule has 0 fully saturated rings. The molecule has 0 aliphatic rings. The Labute approximate surface area is 98.5 Å². The summed E-state index contributed by atoms with van der Waals surface area (Å²) in [5.41, 5.74) is 6.00. The lowest BCUT2D eigenvalue weighted by molar-refractivity contribution is -0.119. The van der Waals surface area contributed by atoms with E-state index in [1.807, 2.05) is 30.3 Å². The van der Waals surface area contributed by atoms with E-state index < -0.39 is 18.6 Å². The Morgan fingerprint density at radius 1 is 1.44 bits per heavy atom. The first kappa shape index (κ1) is 13.3. The van der Waals surface area contributed by atoms with Crippen molar-refractivity contribution < 1.29 is 14.6 Å². The van der Waals surface area contributed by atoms with Crippen LogP contribution in [0.5, 0.6) is 0 Å². The number of benzene rings is 1. The molecule has 0 aliphatic carbocycles. The van der Waals surface area contributed by atoms with Crippen LogP contribution in [0.4, 0.5) is 0 Å². The molecule has 0 spiro atoms. The number of carbonyl (C=O) groups is 1. The first-order chi connectivity index (χ1) is 7.38. The van der Waals surface area contributed by atoms with Crippen molar-refractivity contribution >= 4 is 24.4 Å². The maximum atomic E-state index is 11.1. The van der Waals surface area contributed by atoms with Crippen LogP contribution >= 0.6 is 6.64 Å². The predicted molar refractivity (Wildman–Crippen MR) is 65.0 cm³/mol. The van der Waals surface area contributed by atoms with Crippen molar-refractivity contribution in [3.05, 3.63) is 35.9 Å². The average molecular weight is 260 g/mol. The smallest absolute Gasteiger partial charge is 0.256 e. The second-order valence-electron chi connectivity index (χ2n) is 3.32. The second-order valence-corrected chi connectivity index (χ2v) is 6.19. The highest BCUT2D eigenvalue weighted by Crippen LogP contribution is 2.30. The van der Waals surface area contributed by atoms with Crippen LogP contribution in [0.2, 0.25) is 0 Å². The maximum absolute atomic E-state index is 11.1. The van der Waals surface area contributed by atoms with Crippen molar-refractivity contribution in [3.8, 4) is 0 Å². The van der Waals surface area contributed by atoms with Crippen LogP contribution in [0.1, 0.15) is 5.56 Å². The van der Waals surface area contributed by atoms with Crippen molar-refractivity contribution in [2.45, 2.75) is 12.5 Å². The Morgan fingerprint density at radius 2 is 2.00 bits per heavy atom. The Kier molecular flexibility index (Phi) is 4.58. The topological polar surface area (TPSA) is 95.6 Å². The van der Waals surface area contributed by atoms with Gasteiger partial charge in [0.15, 0.2) is 0 Å². The molecule has 16 heavy (non-hydrogen) atoms. The number of rotatable bonds is 5. The predicted octanol–water partition coefficient (Wildman–Crippen LogP) is -0.118. The Hall–Kier alpha value is -0.780. The first-order valence-corrected chi connectivity index (χ1v) is 7.26. The summed E-state index contributed by atoms with van der Waals surface area (Å²) >= 11 is 4.40. The van der Waals surface area contributed by atoms with Gasteiger partial charge in [0.25, 0.3) is 6.64 Å². The summed E-state index contributed by atoms with van der Waals surface area (Å²) in [4.78, 5) is 29.2. The molecule has 1 amide bonds. The van der Waals surface area contributed by atoms with Crippen LogP contribution < -0.4 is 10.8 Å². The number of nitrogens with two attached hydrogens (primary N) is 1. The van der Waals surface area contributed by atoms with Gasteiger partial charge >= 0.3 is 0 Å². The lowest BCUT2D eigenvalue weighted by Gasteiger charge is -2.18. The maximum Gasteiger partial charge on any atom is 0.256 e. The van der Waals surface area contributed by atoms with Gasteiger partial charge in [0.2, 0.25) is 5.91 Å². The van der Waals surface area contributed by atoms with Crippen molar-refractivity contribution in [2.75, 3.05) is 0 Å². The van der Waals surface area contributed by atoms with Crippen molar-refractivity contribution in [1.82, 2.24) is 5.09 Å². The molecule has 1 atom stereocenters. The molecule has 0 radical (unpaired) electrons. The lowest BCUT2D eigenvalue weighted by Crippen LogP contribution is -2.41. The molecular formula is C9H13N2O3PS. The van der Waals surface area contributed by atoms with E-state index in [-0.39, 0.29) is 6.42 Å². The van der Waals surface area contributed by atoms with E-state index in [2.05, 4.69) is 16.9 Å². The normalized spacial score (nSPS) is 13.4. The van der Waals surface area contributed by atoms with E-state index in [0.29, 0.717) is 0 Å². The summed E-state index contributed by atoms with van der Waals surface area (Å²) in [7, 11) is 0. The molecule has 0 bridgehead atoms. The van der Waals surface area contributed by atoms with Gasteiger partial charge in [-0.05, 0) is 23.8 Å². The third-order valence-electron chi connectivity index (χ3n) is 1.95. The minimum Gasteiger partial charge on any atom is -0.368 e. The third-order valence-corrected chi connectivity index (χ3v) is 2.91. The Balaban J connectivity index is 2.73. The highest BCUT2D eigenvalue weighted by atomic mass is 32.5. The van der Waals surface area contributed by atoms with E-state index in [1.54, 1.807) is 0 Å². The molecule has 0 heterocycles. The van der Waals surface area contributed by atoms with Gasteiger partial charge in [-0.2, -0.15) is 0 Å². The molecule has 1 aromatic carbocycles. The summed E-state index contributed by atoms with van der Waals surface area (Å²) in [5.74, 6) is -0.666. The van der Waals surface area contributed by atoms with Crippen LogP contribution in [-0.2, 0) is 23.0 Å². The van der Waals surface area contributed by atoms with E-state index in [4.69, 9.17) is 15.5 Å². The van der Waals surface area contributed by atoms with E-state index in [0.717, 1.165) is 5.56 Å². The first-order valence-electron chi connectivity index (χ1n) is 4.55. The summed E-state index contributed by atoms with van der Waals surface area (Å²) in [6, 6.07) is 8.25. The van der Waals surface area contributed by atoms with Crippen molar-refractivity contribution in [3.63, 3.8) is 0 Å². The number of carbonyl (C=O) groups excluding carboxylic acids is 1. The largest absolute Gasteiger partial charge is 0.368 e. The van der Waals surface area contributed by atoms with Gasteiger partial charge in [-0.1, -0.05) is 30.3 Å². The zero-order valence-electron chi connectivity index (χ0n) is 8.41. The van der Waals surface area contributed by atoms with Crippen LogP contribution in [0.25, 0.3) is 0 Å². The van der Waals surface area contributed by atoms with E-state index >= 15 is 0 Å². The number of nitrogens with one attached hydrogen (secondary N) is 1. The Morgan fingerprint density at radius 3 is 2.44 bits per heavy atom. The van der Waals surface area contributed by atoms with Gasteiger partial charge < -0.3 is 15.5 Å². The molecule has 0 saturated heterocycles. The molecular weight excluding hydrogens is 247 g/mol. The van der Waals surface area contributed by atoms with Gasteiger partial charge in [0.05, 0.1) is 6.04 Å². The quantitative estimate of drug-likeness (QED) is 0.554. The van der Waals surface area contributed by atoms with Gasteiger partial charge in [-0.15, -0.1) is 0 Å². The molecule has 1 aromatic rings. The minimum absolute atomic E-state index is 0.273. The number of primary amides is 1.